The third-order valence-electron chi connectivity index (χ3n) is 1.82. The molecule has 1 rings (SSSR count). The van der Waals surface area contributed by atoms with Crippen molar-refractivity contribution >= 4 is 46.1 Å². The normalized spacial score (nSPS) is 12.1. The molecule has 102 valence electrons. The number of nitrogens with one attached hydrogen (secondary N) is 3. The first-order valence-electron chi connectivity index (χ1n) is 5.02. The standard InChI is InChI=1S/C8H13N9S2/c1-3(12-16-7(9)18)5-11-6(15-14-5)4(2)13-17-8(10)19/h1-2H3,(H3,9,16,18)(H3,10,17,19)(H,11,14,15). The van der Waals surface area contributed by atoms with Crippen LogP contribution in [0.2, 0.25) is 0 Å². The van der Waals surface area contributed by atoms with Crippen LogP contribution in [0.15, 0.2) is 10.2 Å². The Bertz CT molecular complexity index is 498. The quantitative estimate of drug-likeness (QED) is 0.268. The first-order chi connectivity index (χ1) is 8.90. The molecule has 1 aromatic rings. The molecule has 0 spiro atoms. The summed E-state index contributed by atoms with van der Waals surface area (Å²) in [6.07, 6.45) is 0. The van der Waals surface area contributed by atoms with E-state index in [1.165, 1.54) is 0 Å². The number of hydrogen-bond donors (Lipinski definition) is 5. The Hall–Kier alpha value is -2.14. The number of H-pyrrole nitrogens is 1. The van der Waals surface area contributed by atoms with Crippen molar-refractivity contribution in [1.82, 2.24) is 26.0 Å². The van der Waals surface area contributed by atoms with Gasteiger partial charge in [-0.15, -0.1) is 0 Å². The van der Waals surface area contributed by atoms with E-state index in [2.05, 4.69) is 60.7 Å². The maximum Gasteiger partial charge on any atom is 0.197 e. The summed E-state index contributed by atoms with van der Waals surface area (Å²) in [5, 5.41) is 14.6. The summed E-state index contributed by atoms with van der Waals surface area (Å²) >= 11 is 9.26. The molecule has 0 amide bonds. The number of aromatic nitrogens is 3. The molecule has 0 aromatic carbocycles. The maximum absolute atomic E-state index is 5.26. The summed E-state index contributed by atoms with van der Waals surface area (Å²) in [4.78, 5) is 4.19. The molecular weight excluding hydrogens is 286 g/mol. The van der Waals surface area contributed by atoms with Crippen LogP contribution in [0, 0.1) is 0 Å². The van der Waals surface area contributed by atoms with Gasteiger partial charge in [0.1, 0.15) is 11.4 Å². The van der Waals surface area contributed by atoms with Gasteiger partial charge in [-0.25, -0.2) is 4.98 Å². The Balaban J connectivity index is 2.82. The van der Waals surface area contributed by atoms with Crippen LogP contribution in [0.1, 0.15) is 25.5 Å². The van der Waals surface area contributed by atoms with Gasteiger partial charge in [-0.05, 0) is 38.3 Å². The zero-order valence-electron chi connectivity index (χ0n) is 10.3. The first kappa shape index (κ1) is 14.9. The Kier molecular flexibility index (Phi) is 5.26. The second-order valence-electron chi connectivity index (χ2n) is 3.35. The van der Waals surface area contributed by atoms with Crippen molar-refractivity contribution in [3.05, 3.63) is 11.6 Å². The topological polar surface area (TPSA) is 142 Å². The van der Waals surface area contributed by atoms with E-state index in [1.54, 1.807) is 13.8 Å². The predicted octanol–water partition coefficient (Wildman–Crippen LogP) is -1.08. The van der Waals surface area contributed by atoms with E-state index in [0.29, 0.717) is 23.1 Å². The van der Waals surface area contributed by atoms with Gasteiger partial charge in [0.2, 0.25) is 0 Å². The van der Waals surface area contributed by atoms with Crippen molar-refractivity contribution in [2.24, 2.45) is 21.7 Å². The lowest BCUT2D eigenvalue weighted by Gasteiger charge is -1.97. The molecule has 1 heterocycles. The van der Waals surface area contributed by atoms with Gasteiger partial charge >= 0.3 is 0 Å². The van der Waals surface area contributed by atoms with E-state index in [-0.39, 0.29) is 10.2 Å². The van der Waals surface area contributed by atoms with Crippen LogP contribution >= 0.6 is 24.4 Å². The van der Waals surface area contributed by atoms with Crippen LogP contribution in [0.4, 0.5) is 0 Å². The molecule has 0 radical (unpaired) electrons. The van der Waals surface area contributed by atoms with Crippen LogP contribution in [0.25, 0.3) is 0 Å². The number of rotatable bonds is 4. The molecule has 0 bridgehead atoms. The fourth-order valence-electron chi connectivity index (χ4n) is 0.966. The molecule has 0 atom stereocenters. The summed E-state index contributed by atoms with van der Waals surface area (Å²) in [6.45, 7) is 3.42. The predicted molar refractivity (Wildman–Crippen MR) is 80.6 cm³/mol. The Labute approximate surface area is 119 Å². The van der Waals surface area contributed by atoms with E-state index >= 15 is 0 Å². The zero-order chi connectivity index (χ0) is 14.4. The smallest absolute Gasteiger partial charge is 0.197 e. The summed E-state index contributed by atoms with van der Waals surface area (Å²) in [5.74, 6) is 0.854. The van der Waals surface area contributed by atoms with Crippen LogP contribution in [0.3, 0.4) is 0 Å². The highest BCUT2D eigenvalue weighted by Gasteiger charge is 2.08. The molecule has 0 aliphatic heterocycles. The molecule has 0 saturated carbocycles. The molecule has 9 nitrogen and oxygen atoms in total. The summed E-state index contributed by atoms with van der Waals surface area (Å²) in [7, 11) is 0. The summed E-state index contributed by atoms with van der Waals surface area (Å²) in [5.41, 5.74) is 16.5. The minimum absolute atomic E-state index is 0.0634. The van der Waals surface area contributed by atoms with Crippen LogP contribution < -0.4 is 22.3 Å². The highest BCUT2D eigenvalue weighted by atomic mass is 32.1. The van der Waals surface area contributed by atoms with E-state index in [0.717, 1.165) is 0 Å². The van der Waals surface area contributed by atoms with Crippen molar-refractivity contribution in [3.8, 4) is 0 Å². The average molecular weight is 299 g/mol. The van der Waals surface area contributed by atoms with Crippen LogP contribution in [-0.2, 0) is 0 Å². The molecule has 1 aromatic heterocycles. The highest BCUT2D eigenvalue weighted by molar-refractivity contribution is 7.80. The number of aromatic amines is 1. The fourth-order valence-corrected chi connectivity index (χ4v) is 1.06. The molecule has 0 saturated heterocycles. The highest BCUT2D eigenvalue weighted by Crippen LogP contribution is 1.96. The van der Waals surface area contributed by atoms with Crippen molar-refractivity contribution in [2.75, 3.05) is 0 Å². The van der Waals surface area contributed by atoms with Crippen molar-refractivity contribution in [2.45, 2.75) is 13.8 Å². The Morgan fingerprint density at radius 3 is 2.16 bits per heavy atom. The van der Waals surface area contributed by atoms with Gasteiger partial charge < -0.3 is 11.5 Å². The number of hydrogen-bond acceptors (Lipinski definition) is 6. The second-order valence-corrected chi connectivity index (χ2v) is 4.23. The Morgan fingerprint density at radius 1 is 1.11 bits per heavy atom. The average Bonchev–Trinajstić information content (AvgIpc) is 2.82. The monoisotopic (exact) mass is 299 g/mol. The van der Waals surface area contributed by atoms with E-state index in [9.17, 15) is 0 Å². The molecule has 0 fully saturated rings. The molecule has 0 aliphatic rings. The van der Waals surface area contributed by atoms with Gasteiger partial charge in [0.05, 0.1) is 0 Å². The van der Waals surface area contributed by atoms with Gasteiger partial charge in [0.25, 0.3) is 0 Å². The van der Waals surface area contributed by atoms with Gasteiger partial charge in [0.15, 0.2) is 21.9 Å². The second kappa shape index (κ2) is 6.70. The molecule has 0 unspecified atom stereocenters. The largest absolute Gasteiger partial charge is 0.375 e. The lowest BCUT2D eigenvalue weighted by molar-refractivity contribution is 1.00. The number of thiocarbonyl (C=S) groups is 2. The van der Waals surface area contributed by atoms with Crippen molar-refractivity contribution < 1.29 is 0 Å². The first-order valence-corrected chi connectivity index (χ1v) is 5.84. The maximum atomic E-state index is 5.26. The third kappa shape index (κ3) is 4.93. The van der Waals surface area contributed by atoms with E-state index < -0.39 is 0 Å². The molecule has 11 heteroatoms. The molecule has 19 heavy (non-hydrogen) atoms. The van der Waals surface area contributed by atoms with Crippen LogP contribution in [-0.4, -0.2) is 36.8 Å². The fraction of sp³-hybridized carbons (Fsp3) is 0.250. The van der Waals surface area contributed by atoms with Crippen LogP contribution in [0.5, 0.6) is 0 Å². The summed E-state index contributed by atoms with van der Waals surface area (Å²) < 4.78 is 0. The van der Waals surface area contributed by atoms with E-state index in [1.807, 2.05) is 0 Å². The minimum Gasteiger partial charge on any atom is -0.375 e. The van der Waals surface area contributed by atoms with Gasteiger partial charge in [-0.2, -0.15) is 15.3 Å². The van der Waals surface area contributed by atoms with Crippen molar-refractivity contribution in [3.63, 3.8) is 0 Å². The lowest BCUT2D eigenvalue weighted by atomic mass is 10.4. The zero-order valence-corrected chi connectivity index (χ0v) is 11.9. The molecular formula is C8H13N9S2. The number of nitrogens with zero attached hydrogens (tertiary/aromatic N) is 4. The lowest BCUT2D eigenvalue weighted by Crippen LogP contribution is -2.25. The summed E-state index contributed by atoms with van der Waals surface area (Å²) in [6, 6.07) is 0. The molecule has 0 aliphatic carbocycles. The van der Waals surface area contributed by atoms with Gasteiger partial charge in [0, 0.05) is 0 Å². The molecule has 7 N–H and O–H groups in total. The Morgan fingerprint density at radius 2 is 1.63 bits per heavy atom. The number of hydrazone groups is 2. The minimum atomic E-state index is 0.0634. The van der Waals surface area contributed by atoms with Gasteiger partial charge in [-0.3, -0.25) is 16.0 Å². The van der Waals surface area contributed by atoms with Gasteiger partial charge in [-0.1, -0.05) is 0 Å². The number of nitrogens with two attached hydrogens (primary N) is 2. The van der Waals surface area contributed by atoms with E-state index in [4.69, 9.17) is 11.5 Å². The third-order valence-corrected chi connectivity index (χ3v) is 2.00. The van der Waals surface area contributed by atoms with Crippen molar-refractivity contribution in [1.29, 1.82) is 0 Å². The SMILES string of the molecule is CC(=NNC(N)=S)c1n[nH]c(C(C)=NNC(N)=S)n1.